The third kappa shape index (κ3) is 4.41. The third-order valence-electron chi connectivity index (χ3n) is 5.77. The number of urea groups is 1. The number of morpholine rings is 1. The van der Waals surface area contributed by atoms with Crippen LogP contribution in [0, 0.1) is 6.92 Å². The Morgan fingerprint density at radius 2 is 2.00 bits per heavy atom. The molecule has 3 aromatic rings. The monoisotopic (exact) mass is 436 g/mol. The van der Waals surface area contributed by atoms with Crippen LogP contribution in [0.25, 0.3) is 22.4 Å². The molecule has 2 aromatic heterocycles. The Kier molecular flexibility index (Phi) is 6.60. The van der Waals surface area contributed by atoms with Crippen molar-refractivity contribution in [2.24, 2.45) is 0 Å². The van der Waals surface area contributed by atoms with E-state index in [0.717, 1.165) is 59.1 Å². The minimum absolute atomic E-state index is 0.206. The van der Waals surface area contributed by atoms with Crippen molar-refractivity contribution in [2.45, 2.75) is 46.7 Å². The van der Waals surface area contributed by atoms with Gasteiger partial charge in [-0.2, -0.15) is 0 Å². The lowest BCUT2D eigenvalue weighted by molar-refractivity contribution is 0.0991. The van der Waals surface area contributed by atoms with Crippen molar-refractivity contribution in [2.75, 3.05) is 36.5 Å². The number of amides is 2. The number of aromatic nitrogens is 3. The highest BCUT2D eigenvalue weighted by molar-refractivity contribution is 5.91. The van der Waals surface area contributed by atoms with Gasteiger partial charge in [-0.05, 0) is 45.4 Å². The maximum atomic E-state index is 11.8. The van der Waals surface area contributed by atoms with Crippen LogP contribution in [0.15, 0.2) is 30.3 Å². The molecule has 0 saturated carbocycles. The molecule has 170 valence electrons. The van der Waals surface area contributed by atoms with Gasteiger partial charge < -0.3 is 24.8 Å². The van der Waals surface area contributed by atoms with Gasteiger partial charge in [0.1, 0.15) is 11.3 Å². The normalized spacial score (nSPS) is 16.4. The summed E-state index contributed by atoms with van der Waals surface area (Å²) in [6.07, 6.45) is 1.02. The van der Waals surface area contributed by atoms with E-state index in [-0.39, 0.29) is 12.1 Å². The molecule has 1 atom stereocenters. The molecular formula is C24H32N6O2. The average Bonchev–Trinajstić information content (AvgIpc) is 3.10. The van der Waals surface area contributed by atoms with E-state index in [1.54, 1.807) is 0 Å². The van der Waals surface area contributed by atoms with Crippen molar-refractivity contribution in [3.8, 4) is 11.3 Å². The average molecular weight is 437 g/mol. The minimum atomic E-state index is -0.206. The quantitative estimate of drug-likeness (QED) is 0.605. The molecule has 1 aromatic carbocycles. The summed E-state index contributed by atoms with van der Waals surface area (Å²) in [6, 6.07) is 10.00. The minimum Gasteiger partial charge on any atom is -0.377 e. The van der Waals surface area contributed by atoms with Gasteiger partial charge in [-0.3, -0.25) is 0 Å². The van der Waals surface area contributed by atoms with Gasteiger partial charge in [0, 0.05) is 36.9 Å². The molecule has 1 aliphatic heterocycles. The van der Waals surface area contributed by atoms with Gasteiger partial charge in [0.25, 0.3) is 0 Å². The number of carbonyl (C=O) groups excluding carboxylic acids is 1. The maximum Gasteiger partial charge on any atom is 0.319 e. The van der Waals surface area contributed by atoms with Gasteiger partial charge in [-0.1, -0.05) is 19.1 Å². The number of carbonyl (C=O) groups is 1. The molecule has 8 heteroatoms. The highest BCUT2D eigenvalue weighted by atomic mass is 16.5. The van der Waals surface area contributed by atoms with Crippen LogP contribution in [0.3, 0.4) is 0 Å². The largest absolute Gasteiger partial charge is 0.377 e. The Bertz CT molecular complexity index is 1090. The van der Waals surface area contributed by atoms with Gasteiger partial charge >= 0.3 is 6.03 Å². The lowest BCUT2D eigenvalue weighted by atomic mass is 10.1. The zero-order chi connectivity index (χ0) is 22.7. The predicted octanol–water partition coefficient (Wildman–Crippen LogP) is 4.18. The molecule has 32 heavy (non-hydrogen) atoms. The van der Waals surface area contributed by atoms with Crippen LogP contribution in [-0.4, -0.2) is 52.9 Å². The van der Waals surface area contributed by atoms with Crippen LogP contribution in [-0.2, 0) is 11.3 Å². The second kappa shape index (κ2) is 9.56. The van der Waals surface area contributed by atoms with Gasteiger partial charge in [-0.25, -0.2) is 14.8 Å². The maximum absolute atomic E-state index is 11.8. The second-order valence-electron chi connectivity index (χ2n) is 8.19. The summed E-state index contributed by atoms with van der Waals surface area (Å²) in [5.74, 6) is 0.982. The highest BCUT2D eigenvalue weighted by Crippen LogP contribution is 2.33. The van der Waals surface area contributed by atoms with Gasteiger partial charge in [0.2, 0.25) is 0 Å². The summed E-state index contributed by atoms with van der Waals surface area (Å²) in [7, 11) is 0. The number of rotatable bonds is 6. The molecule has 0 bridgehead atoms. The summed E-state index contributed by atoms with van der Waals surface area (Å²) >= 11 is 0. The van der Waals surface area contributed by atoms with Gasteiger partial charge in [0.15, 0.2) is 5.65 Å². The Balaban J connectivity index is 1.77. The molecule has 1 saturated heterocycles. The fourth-order valence-corrected chi connectivity index (χ4v) is 4.19. The second-order valence-corrected chi connectivity index (χ2v) is 8.19. The lowest BCUT2D eigenvalue weighted by Crippen LogP contribution is -2.43. The first-order chi connectivity index (χ1) is 15.5. The molecule has 1 fully saturated rings. The zero-order valence-corrected chi connectivity index (χ0v) is 19.3. The molecule has 0 aliphatic carbocycles. The van der Waals surface area contributed by atoms with Gasteiger partial charge in [0.05, 0.1) is 24.6 Å². The summed E-state index contributed by atoms with van der Waals surface area (Å²) in [5, 5.41) is 5.58. The van der Waals surface area contributed by atoms with E-state index in [0.29, 0.717) is 19.8 Å². The fraction of sp³-hybridized carbons (Fsp3) is 0.458. The standard InChI is InChI=1S/C24H32N6O2/c1-5-11-30-17(4)26-22-21(29-12-13-32-15-16(29)3)14-20(28-23(22)30)18-7-9-19(10-8-18)27-24(31)25-6-2/h7-10,14,16H,5-6,11-13,15H2,1-4H3,(H2,25,27,31)/t16-/m0/s1. The van der Waals surface area contributed by atoms with E-state index in [1.165, 1.54) is 0 Å². The molecule has 1 aliphatic rings. The number of anilines is 2. The van der Waals surface area contributed by atoms with E-state index >= 15 is 0 Å². The van der Waals surface area contributed by atoms with Crippen molar-refractivity contribution in [3.05, 3.63) is 36.2 Å². The van der Waals surface area contributed by atoms with Crippen molar-refractivity contribution >= 4 is 28.6 Å². The van der Waals surface area contributed by atoms with E-state index < -0.39 is 0 Å². The number of hydrogen-bond donors (Lipinski definition) is 2. The van der Waals surface area contributed by atoms with E-state index in [1.807, 2.05) is 38.1 Å². The van der Waals surface area contributed by atoms with Crippen LogP contribution in [0.2, 0.25) is 0 Å². The number of nitrogens with zero attached hydrogens (tertiary/aromatic N) is 4. The summed E-state index contributed by atoms with van der Waals surface area (Å²) in [6.45, 7) is 12.0. The number of fused-ring (bicyclic) bond motifs is 1. The number of imidazole rings is 1. The molecule has 0 radical (unpaired) electrons. The number of aryl methyl sites for hydroxylation is 2. The van der Waals surface area contributed by atoms with Crippen molar-refractivity contribution in [1.82, 2.24) is 19.9 Å². The van der Waals surface area contributed by atoms with Gasteiger partial charge in [-0.15, -0.1) is 0 Å². The SMILES string of the molecule is CCCn1c(C)nc2c(N3CCOC[C@@H]3C)cc(-c3ccc(NC(=O)NCC)cc3)nc21. The molecule has 0 unspecified atom stereocenters. The Hall–Kier alpha value is -3.13. The molecule has 4 rings (SSSR count). The van der Waals surface area contributed by atoms with Crippen LogP contribution < -0.4 is 15.5 Å². The highest BCUT2D eigenvalue weighted by Gasteiger charge is 2.25. The molecule has 3 heterocycles. The first kappa shape index (κ1) is 22.1. The van der Waals surface area contributed by atoms with E-state index in [9.17, 15) is 4.79 Å². The summed E-state index contributed by atoms with van der Waals surface area (Å²) in [4.78, 5) is 24.1. The lowest BCUT2D eigenvalue weighted by Gasteiger charge is -2.35. The Morgan fingerprint density at radius 1 is 1.22 bits per heavy atom. The topological polar surface area (TPSA) is 84.3 Å². The summed E-state index contributed by atoms with van der Waals surface area (Å²) < 4.78 is 7.87. The van der Waals surface area contributed by atoms with E-state index in [2.05, 4.69) is 40.0 Å². The number of ether oxygens (including phenoxy) is 1. The molecule has 2 amide bonds. The first-order valence-corrected chi connectivity index (χ1v) is 11.4. The first-order valence-electron chi connectivity index (χ1n) is 11.4. The number of benzene rings is 1. The van der Waals surface area contributed by atoms with Crippen molar-refractivity contribution < 1.29 is 9.53 Å². The summed E-state index contributed by atoms with van der Waals surface area (Å²) in [5.41, 5.74) is 5.60. The number of pyridine rings is 1. The molecule has 8 nitrogen and oxygen atoms in total. The van der Waals surface area contributed by atoms with Crippen LogP contribution in [0.4, 0.5) is 16.2 Å². The van der Waals surface area contributed by atoms with Crippen molar-refractivity contribution in [1.29, 1.82) is 0 Å². The predicted molar refractivity (Wildman–Crippen MR) is 128 cm³/mol. The number of hydrogen-bond acceptors (Lipinski definition) is 5. The third-order valence-corrected chi connectivity index (χ3v) is 5.77. The number of nitrogens with one attached hydrogen (secondary N) is 2. The van der Waals surface area contributed by atoms with Crippen LogP contribution in [0.5, 0.6) is 0 Å². The Labute approximate surface area is 189 Å². The molecular weight excluding hydrogens is 404 g/mol. The molecule has 2 N–H and O–H groups in total. The smallest absolute Gasteiger partial charge is 0.319 e. The van der Waals surface area contributed by atoms with Crippen molar-refractivity contribution in [3.63, 3.8) is 0 Å². The van der Waals surface area contributed by atoms with E-state index in [4.69, 9.17) is 14.7 Å². The molecule has 0 spiro atoms. The van der Waals surface area contributed by atoms with Crippen LogP contribution >= 0.6 is 0 Å². The fourth-order valence-electron chi connectivity index (χ4n) is 4.19. The zero-order valence-electron chi connectivity index (χ0n) is 19.3. The van der Waals surface area contributed by atoms with Crippen LogP contribution in [0.1, 0.15) is 33.0 Å². The Morgan fingerprint density at radius 3 is 2.69 bits per heavy atom.